The molecule has 1 heterocycles. The molecule has 0 aliphatic heterocycles. The molecule has 134 valence electrons. The van der Waals surface area contributed by atoms with Gasteiger partial charge in [-0.3, -0.25) is 4.79 Å². The maximum atomic E-state index is 12.2. The molecular formula is C21H23N3O2. The van der Waals surface area contributed by atoms with Crippen molar-refractivity contribution in [2.24, 2.45) is 0 Å². The van der Waals surface area contributed by atoms with Gasteiger partial charge in [0, 0.05) is 43.9 Å². The Morgan fingerprint density at radius 2 is 1.77 bits per heavy atom. The molecule has 0 atom stereocenters. The minimum Gasteiger partial charge on any atom is -0.441 e. The molecule has 0 saturated heterocycles. The second kappa shape index (κ2) is 7.87. The van der Waals surface area contributed by atoms with Crippen LogP contribution in [0.25, 0.3) is 11.5 Å². The van der Waals surface area contributed by atoms with Crippen molar-refractivity contribution in [1.82, 2.24) is 4.98 Å². The molecule has 26 heavy (non-hydrogen) atoms. The van der Waals surface area contributed by atoms with Gasteiger partial charge in [0.1, 0.15) is 5.76 Å². The van der Waals surface area contributed by atoms with Gasteiger partial charge in [-0.2, -0.15) is 0 Å². The summed E-state index contributed by atoms with van der Waals surface area (Å²) in [5.74, 6) is 1.32. The molecule has 0 aliphatic carbocycles. The van der Waals surface area contributed by atoms with E-state index >= 15 is 0 Å². The first-order valence-electron chi connectivity index (χ1n) is 8.62. The van der Waals surface area contributed by atoms with Gasteiger partial charge in [-0.05, 0) is 43.3 Å². The molecule has 5 nitrogen and oxygen atoms in total. The van der Waals surface area contributed by atoms with Gasteiger partial charge in [0.25, 0.3) is 0 Å². The number of hydrogen-bond acceptors (Lipinski definition) is 4. The summed E-state index contributed by atoms with van der Waals surface area (Å²) in [4.78, 5) is 18.8. The number of nitrogens with zero attached hydrogens (tertiary/aromatic N) is 2. The van der Waals surface area contributed by atoms with Crippen LogP contribution in [0.15, 0.2) is 59.0 Å². The van der Waals surface area contributed by atoms with E-state index in [2.05, 4.69) is 10.3 Å². The number of carbonyl (C=O) groups is 1. The van der Waals surface area contributed by atoms with Gasteiger partial charge in [-0.25, -0.2) is 4.98 Å². The van der Waals surface area contributed by atoms with E-state index in [0.29, 0.717) is 18.7 Å². The second-order valence-electron chi connectivity index (χ2n) is 6.38. The first kappa shape index (κ1) is 17.7. The molecule has 2 aromatic carbocycles. The number of benzene rings is 2. The number of rotatable bonds is 6. The summed E-state index contributed by atoms with van der Waals surface area (Å²) in [6, 6.07) is 17.5. The van der Waals surface area contributed by atoms with E-state index in [0.717, 1.165) is 28.4 Å². The summed E-state index contributed by atoms with van der Waals surface area (Å²) in [6.45, 7) is 1.88. The van der Waals surface area contributed by atoms with E-state index in [1.165, 1.54) is 0 Å². The van der Waals surface area contributed by atoms with Crippen LogP contribution in [0, 0.1) is 6.92 Å². The number of anilines is 2. The summed E-state index contributed by atoms with van der Waals surface area (Å²) in [5, 5.41) is 2.92. The molecule has 1 amide bonds. The lowest BCUT2D eigenvalue weighted by molar-refractivity contribution is -0.116. The fourth-order valence-electron chi connectivity index (χ4n) is 2.66. The average molecular weight is 349 g/mol. The number of carbonyl (C=O) groups excluding carboxylic acids is 1. The summed E-state index contributed by atoms with van der Waals surface area (Å²) >= 11 is 0. The van der Waals surface area contributed by atoms with Crippen molar-refractivity contribution in [1.29, 1.82) is 0 Å². The van der Waals surface area contributed by atoms with Crippen molar-refractivity contribution < 1.29 is 9.21 Å². The van der Waals surface area contributed by atoms with Crippen molar-refractivity contribution in [2.45, 2.75) is 19.8 Å². The zero-order valence-corrected chi connectivity index (χ0v) is 15.3. The highest BCUT2D eigenvalue weighted by Gasteiger charge is 2.13. The molecule has 3 aromatic rings. The molecule has 1 N–H and O–H groups in total. The van der Waals surface area contributed by atoms with Crippen molar-refractivity contribution >= 4 is 17.3 Å². The van der Waals surface area contributed by atoms with Gasteiger partial charge in [-0.1, -0.05) is 18.2 Å². The number of hydrogen-bond donors (Lipinski definition) is 1. The van der Waals surface area contributed by atoms with Crippen LogP contribution in [0.3, 0.4) is 0 Å². The standard InChI is InChI=1S/C21H23N3O2/c1-15-19(23-21(26-15)16-7-5-4-6-8-16)13-14-20(25)22-17-9-11-18(12-10-17)24(2)3/h4-12H,13-14H2,1-3H3,(H,22,25). The van der Waals surface area contributed by atoms with Gasteiger partial charge < -0.3 is 14.6 Å². The lowest BCUT2D eigenvalue weighted by Gasteiger charge is -2.13. The fraction of sp³-hybridized carbons (Fsp3) is 0.238. The number of oxazole rings is 1. The van der Waals surface area contributed by atoms with Gasteiger partial charge in [0.05, 0.1) is 5.69 Å². The van der Waals surface area contributed by atoms with Crippen LogP contribution < -0.4 is 10.2 Å². The van der Waals surface area contributed by atoms with Crippen LogP contribution in [-0.4, -0.2) is 25.0 Å². The lowest BCUT2D eigenvalue weighted by atomic mass is 10.2. The van der Waals surface area contributed by atoms with Crippen LogP contribution in [0.4, 0.5) is 11.4 Å². The fourth-order valence-corrected chi connectivity index (χ4v) is 2.66. The van der Waals surface area contributed by atoms with Crippen LogP contribution in [-0.2, 0) is 11.2 Å². The molecule has 0 aliphatic rings. The SMILES string of the molecule is Cc1oc(-c2ccccc2)nc1CCC(=O)Nc1ccc(N(C)C)cc1. The van der Waals surface area contributed by atoms with Crippen LogP contribution in [0.2, 0.25) is 0 Å². The Labute approximate surface area is 153 Å². The molecule has 0 radical (unpaired) electrons. The summed E-state index contributed by atoms with van der Waals surface area (Å²) in [7, 11) is 3.97. The third-order valence-electron chi connectivity index (χ3n) is 4.17. The van der Waals surface area contributed by atoms with E-state index < -0.39 is 0 Å². The molecule has 0 saturated carbocycles. The van der Waals surface area contributed by atoms with Gasteiger partial charge in [0.15, 0.2) is 0 Å². The lowest BCUT2D eigenvalue weighted by Crippen LogP contribution is -2.13. The van der Waals surface area contributed by atoms with Crippen molar-refractivity contribution in [2.75, 3.05) is 24.3 Å². The Hall–Kier alpha value is -3.08. The molecule has 1 aromatic heterocycles. The quantitative estimate of drug-likeness (QED) is 0.721. The Morgan fingerprint density at radius 1 is 1.08 bits per heavy atom. The molecule has 0 bridgehead atoms. The van der Waals surface area contributed by atoms with Crippen LogP contribution in [0.5, 0.6) is 0 Å². The van der Waals surface area contributed by atoms with Gasteiger partial charge in [0.2, 0.25) is 11.8 Å². The Morgan fingerprint density at radius 3 is 2.42 bits per heavy atom. The second-order valence-corrected chi connectivity index (χ2v) is 6.38. The molecule has 3 rings (SSSR count). The summed E-state index contributed by atoms with van der Waals surface area (Å²) < 4.78 is 5.74. The summed E-state index contributed by atoms with van der Waals surface area (Å²) in [6.07, 6.45) is 0.904. The topological polar surface area (TPSA) is 58.4 Å². The smallest absolute Gasteiger partial charge is 0.226 e. The van der Waals surface area contributed by atoms with Crippen LogP contribution >= 0.6 is 0 Å². The zero-order valence-electron chi connectivity index (χ0n) is 15.3. The minimum absolute atomic E-state index is 0.0359. The normalized spacial score (nSPS) is 10.6. The van der Waals surface area contributed by atoms with E-state index in [1.54, 1.807) is 0 Å². The summed E-state index contributed by atoms with van der Waals surface area (Å²) in [5.41, 5.74) is 3.64. The predicted molar refractivity (Wildman–Crippen MR) is 104 cm³/mol. The maximum Gasteiger partial charge on any atom is 0.226 e. The third-order valence-corrected chi connectivity index (χ3v) is 4.17. The highest BCUT2D eigenvalue weighted by atomic mass is 16.4. The van der Waals surface area contributed by atoms with E-state index in [9.17, 15) is 4.79 Å². The maximum absolute atomic E-state index is 12.2. The van der Waals surface area contributed by atoms with Crippen LogP contribution in [0.1, 0.15) is 17.9 Å². The highest BCUT2D eigenvalue weighted by Crippen LogP contribution is 2.22. The van der Waals surface area contributed by atoms with Crippen molar-refractivity contribution in [3.05, 3.63) is 66.1 Å². The molecule has 0 unspecified atom stereocenters. The first-order valence-corrected chi connectivity index (χ1v) is 8.62. The Bertz CT molecular complexity index is 868. The van der Waals surface area contributed by atoms with Crippen molar-refractivity contribution in [3.63, 3.8) is 0 Å². The van der Waals surface area contributed by atoms with E-state index in [4.69, 9.17) is 4.42 Å². The Kier molecular flexibility index (Phi) is 5.37. The number of amides is 1. The highest BCUT2D eigenvalue weighted by molar-refractivity contribution is 5.91. The predicted octanol–water partition coefficient (Wildman–Crippen LogP) is 4.29. The Balaban J connectivity index is 1.58. The van der Waals surface area contributed by atoms with Crippen molar-refractivity contribution in [3.8, 4) is 11.5 Å². The first-order chi connectivity index (χ1) is 12.5. The van der Waals surface area contributed by atoms with Gasteiger partial charge >= 0.3 is 0 Å². The van der Waals surface area contributed by atoms with E-state index in [-0.39, 0.29) is 5.91 Å². The average Bonchev–Trinajstić information content (AvgIpc) is 3.02. The monoisotopic (exact) mass is 349 g/mol. The molecule has 5 heteroatoms. The third kappa shape index (κ3) is 4.30. The number of aryl methyl sites for hydroxylation is 2. The molecule has 0 spiro atoms. The zero-order chi connectivity index (χ0) is 18.5. The van der Waals surface area contributed by atoms with Gasteiger partial charge in [-0.15, -0.1) is 0 Å². The largest absolute Gasteiger partial charge is 0.441 e. The number of aromatic nitrogens is 1. The molecule has 0 fully saturated rings. The molecular weight excluding hydrogens is 326 g/mol. The number of nitrogens with one attached hydrogen (secondary N) is 1. The minimum atomic E-state index is -0.0359. The van der Waals surface area contributed by atoms with E-state index in [1.807, 2.05) is 80.5 Å².